The minimum Gasteiger partial charge on any atom is -0.330 e. The largest absolute Gasteiger partial charge is 0.330 e. The van der Waals surface area contributed by atoms with Gasteiger partial charge in [0, 0.05) is 6.54 Å². The number of hydrogen-bond acceptors (Lipinski definition) is 1. The van der Waals surface area contributed by atoms with Crippen LogP contribution in [-0.4, -0.2) is 9.55 Å². The number of nitrogens with one attached hydrogen (secondary N) is 1. The Kier molecular flexibility index (Phi) is 3.67. The summed E-state index contributed by atoms with van der Waals surface area (Å²) in [6, 6.07) is 6.36. The van der Waals surface area contributed by atoms with Crippen molar-refractivity contribution >= 4 is 23.3 Å². The highest BCUT2D eigenvalue weighted by atomic mass is 32.1. The number of imidazole rings is 1. The fourth-order valence-electron chi connectivity index (χ4n) is 2.20. The van der Waals surface area contributed by atoms with Crippen LogP contribution in [0.4, 0.5) is 0 Å². The van der Waals surface area contributed by atoms with Crippen molar-refractivity contribution in [2.24, 2.45) is 5.92 Å². The van der Waals surface area contributed by atoms with E-state index < -0.39 is 0 Å². The highest BCUT2D eigenvalue weighted by Gasteiger charge is 2.05. The van der Waals surface area contributed by atoms with Crippen LogP contribution in [0.3, 0.4) is 0 Å². The molecule has 2 rings (SSSR count). The molecule has 0 radical (unpaired) electrons. The van der Waals surface area contributed by atoms with Gasteiger partial charge < -0.3 is 9.55 Å². The number of rotatable bonds is 4. The van der Waals surface area contributed by atoms with Gasteiger partial charge in [0.1, 0.15) is 0 Å². The molecule has 0 atom stereocenters. The van der Waals surface area contributed by atoms with Gasteiger partial charge in [-0.3, -0.25) is 0 Å². The maximum absolute atomic E-state index is 5.40. The van der Waals surface area contributed by atoms with Gasteiger partial charge in [0.2, 0.25) is 0 Å². The van der Waals surface area contributed by atoms with Crippen molar-refractivity contribution in [3.63, 3.8) is 0 Å². The standard InChI is InChI=1S/C14H20N2S/c1-10(2)6-5-9-16-12-8-4-7-11(3)13(12)15-14(16)17/h4,7-8,10H,5-6,9H2,1-3H3,(H,15,17). The minimum absolute atomic E-state index is 0.760. The molecule has 0 aliphatic carbocycles. The van der Waals surface area contributed by atoms with E-state index in [2.05, 4.69) is 48.5 Å². The third-order valence-electron chi connectivity index (χ3n) is 3.18. The fourth-order valence-corrected chi connectivity index (χ4v) is 2.49. The molecule has 1 aromatic carbocycles. The number of hydrogen-bond donors (Lipinski definition) is 1. The van der Waals surface area contributed by atoms with Gasteiger partial charge >= 0.3 is 0 Å². The van der Waals surface area contributed by atoms with Crippen molar-refractivity contribution in [1.82, 2.24) is 9.55 Å². The van der Waals surface area contributed by atoms with E-state index in [1.807, 2.05) is 0 Å². The molecule has 2 aromatic rings. The molecule has 0 unspecified atom stereocenters. The van der Waals surface area contributed by atoms with E-state index in [0.29, 0.717) is 0 Å². The number of fused-ring (bicyclic) bond motifs is 1. The normalized spacial score (nSPS) is 11.5. The Labute approximate surface area is 108 Å². The molecule has 0 saturated heterocycles. The average molecular weight is 248 g/mol. The Morgan fingerprint density at radius 1 is 1.35 bits per heavy atom. The molecular weight excluding hydrogens is 228 g/mol. The van der Waals surface area contributed by atoms with Crippen LogP contribution in [0, 0.1) is 17.6 Å². The summed E-state index contributed by atoms with van der Waals surface area (Å²) >= 11 is 5.40. The van der Waals surface area contributed by atoms with Crippen LogP contribution in [-0.2, 0) is 6.54 Å². The number of benzene rings is 1. The van der Waals surface area contributed by atoms with Gasteiger partial charge in [-0.1, -0.05) is 26.0 Å². The van der Waals surface area contributed by atoms with E-state index in [4.69, 9.17) is 12.2 Å². The van der Waals surface area contributed by atoms with Crippen LogP contribution in [0.15, 0.2) is 18.2 Å². The van der Waals surface area contributed by atoms with Crippen LogP contribution in [0.1, 0.15) is 32.3 Å². The highest BCUT2D eigenvalue weighted by Crippen LogP contribution is 2.18. The fraction of sp³-hybridized carbons (Fsp3) is 0.500. The van der Waals surface area contributed by atoms with Crippen LogP contribution in [0.5, 0.6) is 0 Å². The molecule has 0 saturated carbocycles. The molecule has 0 amide bonds. The van der Waals surface area contributed by atoms with Crippen molar-refractivity contribution in [1.29, 1.82) is 0 Å². The lowest BCUT2D eigenvalue weighted by Gasteiger charge is -2.06. The van der Waals surface area contributed by atoms with Gasteiger partial charge in [-0.15, -0.1) is 0 Å². The summed E-state index contributed by atoms with van der Waals surface area (Å²) in [6.45, 7) is 7.66. The molecule has 17 heavy (non-hydrogen) atoms. The molecule has 0 bridgehead atoms. The summed E-state index contributed by atoms with van der Waals surface area (Å²) in [5, 5.41) is 0. The second-order valence-corrected chi connectivity index (χ2v) is 5.47. The first kappa shape index (κ1) is 12.4. The molecule has 92 valence electrons. The van der Waals surface area contributed by atoms with E-state index in [1.54, 1.807) is 0 Å². The third kappa shape index (κ3) is 2.60. The summed E-state index contributed by atoms with van der Waals surface area (Å²) < 4.78 is 3.07. The molecule has 3 heteroatoms. The molecule has 1 aromatic heterocycles. The lowest BCUT2D eigenvalue weighted by molar-refractivity contribution is 0.515. The number of aromatic nitrogens is 2. The monoisotopic (exact) mass is 248 g/mol. The van der Waals surface area contributed by atoms with E-state index >= 15 is 0 Å². The zero-order valence-electron chi connectivity index (χ0n) is 10.8. The predicted molar refractivity (Wildman–Crippen MR) is 75.9 cm³/mol. The van der Waals surface area contributed by atoms with E-state index in [0.717, 1.165) is 17.2 Å². The van der Waals surface area contributed by atoms with Crippen LogP contribution in [0.2, 0.25) is 0 Å². The van der Waals surface area contributed by atoms with Gasteiger partial charge in [0.15, 0.2) is 4.77 Å². The number of aryl methyl sites for hydroxylation is 2. The van der Waals surface area contributed by atoms with Crippen molar-refractivity contribution in [2.75, 3.05) is 0 Å². The first-order valence-corrected chi connectivity index (χ1v) is 6.68. The Balaban J connectivity index is 2.31. The summed E-state index contributed by atoms with van der Waals surface area (Å²) in [5.41, 5.74) is 3.68. The molecule has 1 heterocycles. The quantitative estimate of drug-likeness (QED) is 0.793. The number of para-hydroxylation sites is 1. The molecule has 0 aliphatic rings. The third-order valence-corrected chi connectivity index (χ3v) is 3.50. The van der Waals surface area contributed by atoms with Gasteiger partial charge in [-0.2, -0.15) is 0 Å². The Bertz CT molecular complexity index is 563. The highest BCUT2D eigenvalue weighted by molar-refractivity contribution is 7.71. The van der Waals surface area contributed by atoms with Crippen molar-refractivity contribution in [3.8, 4) is 0 Å². The van der Waals surface area contributed by atoms with Gasteiger partial charge in [-0.25, -0.2) is 0 Å². The molecule has 1 N–H and O–H groups in total. The average Bonchev–Trinajstić information content (AvgIpc) is 2.57. The zero-order chi connectivity index (χ0) is 12.4. The second-order valence-electron chi connectivity index (χ2n) is 5.09. The molecule has 0 spiro atoms. The maximum Gasteiger partial charge on any atom is 0.178 e. The second kappa shape index (κ2) is 5.05. The maximum atomic E-state index is 5.40. The van der Waals surface area contributed by atoms with E-state index in [-0.39, 0.29) is 0 Å². The van der Waals surface area contributed by atoms with E-state index in [9.17, 15) is 0 Å². The van der Waals surface area contributed by atoms with E-state index in [1.165, 1.54) is 29.4 Å². The Morgan fingerprint density at radius 3 is 2.82 bits per heavy atom. The summed E-state index contributed by atoms with van der Waals surface area (Å²) in [6.07, 6.45) is 2.44. The van der Waals surface area contributed by atoms with Gasteiger partial charge in [0.25, 0.3) is 0 Å². The Hall–Kier alpha value is -1.09. The summed E-state index contributed by atoms with van der Waals surface area (Å²) in [7, 11) is 0. The zero-order valence-corrected chi connectivity index (χ0v) is 11.6. The van der Waals surface area contributed by atoms with Gasteiger partial charge in [-0.05, 0) is 49.5 Å². The molecular formula is C14H20N2S. The number of nitrogens with zero attached hydrogens (tertiary/aromatic N) is 1. The van der Waals surface area contributed by atoms with Gasteiger partial charge in [0.05, 0.1) is 11.0 Å². The summed E-state index contributed by atoms with van der Waals surface area (Å²) in [5.74, 6) is 0.760. The first-order valence-electron chi connectivity index (χ1n) is 6.27. The van der Waals surface area contributed by atoms with Crippen LogP contribution < -0.4 is 0 Å². The van der Waals surface area contributed by atoms with Crippen molar-refractivity contribution < 1.29 is 0 Å². The SMILES string of the molecule is Cc1cccc2c1[nH]c(=S)n2CCCC(C)C. The predicted octanol–water partition coefficient (Wildman–Crippen LogP) is 4.44. The lowest BCUT2D eigenvalue weighted by Crippen LogP contribution is -1.99. The number of H-pyrrole nitrogens is 1. The Morgan fingerprint density at radius 2 is 2.12 bits per heavy atom. The summed E-state index contributed by atoms with van der Waals surface area (Å²) in [4.78, 5) is 3.31. The molecule has 0 fully saturated rings. The van der Waals surface area contributed by atoms with Crippen molar-refractivity contribution in [3.05, 3.63) is 28.5 Å². The minimum atomic E-state index is 0.760. The van der Waals surface area contributed by atoms with Crippen molar-refractivity contribution in [2.45, 2.75) is 40.2 Å². The molecule has 2 nitrogen and oxygen atoms in total. The molecule has 0 aliphatic heterocycles. The van der Waals surface area contributed by atoms with Crippen LogP contribution >= 0.6 is 12.2 Å². The smallest absolute Gasteiger partial charge is 0.178 e. The number of aromatic amines is 1. The first-order chi connectivity index (χ1) is 8.09. The van der Waals surface area contributed by atoms with Crippen LogP contribution in [0.25, 0.3) is 11.0 Å². The topological polar surface area (TPSA) is 20.7 Å². The lowest BCUT2D eigenvalue weighted by atomic mass is 10.1.